The Balaban J connectivity index is 1.48. The van der Waals surface area contributed by atoms with Crippen LogP contribution in [0.2, 0.25) is 0 Å². The lowest BCUT2D eigenvalue weighted by Crippen LogP contribution is -2.53. The lowest BCUT2D eigenvalue weighted by Gasteiger charge is -2.43. The highest BCUT2D eigenvalue weighted by Crippen LogP contribution is 2.61. The molecule has 2 unspecified atom stereocenters. The molecule has 0 bridgehead atoms. The zero-order valence-electron chi connectivity index (χ0n) is 21.2. The number of likely N-dealkylation sites (N-methyl/N-ethyl adjacent to an activating group) is 1. The summed E-state index contributed by atoms with van der Waals surface area (Å²) < 4.78 is 17.6. The molecule has 1 amide bonds. The molecule has 1 N–H and O–H groups in total. The summed E-state index contributed by atoms with van der Waals surface area (Å²) in [6.07, 6.45) is 6.01. The summed E-state index contributed by atoms with van der Waals surface area (Å²) in [6, 6.07) is 3.19. The van der Waals surface area contributed by atoms with Crippen LogP contribution in [-0.4, -0.2) is 65.5 Å². The number of thioether (sulfide) groups is 1. The number of rotatable bonds is 6. The number of nitrogens with one attached hydrogen (secondary N) is 1. The molecule has 0 saturated carbocycles. The molecule has 37 heavy (non-hydrogen) atoms. The zero-order chi connectivity index (χ0) is 26.5. The van der Waals surface area contributed by atoms with Crippen LogP contribution in [0.25, 0.3) is 0 Å². The summed E-state index contributed by atoms with van der Waals surface area (Å²) in [4.78, 5) is 50.4. The number of nitrogens with zero attached hydrogens (tertiary/aromatic N) is 1. The normalized spacial score (nSPS) is 29.0. The minimum atomic E-state index is -0.627. The molecule has 196 valence electrons. The van der Waals surface area contributed by atoms with E-state index in [4.69, 9.17) is 14.2 Å². The smallest absolute Gasteiger partial charge is 0.308 e. The molecule has 4 aliphatic rings. The van der Waals surface area contributed by atoms with Crippen LogP contribution in [0.15, 0.2) is 36.1 Å². The summed E-state index contributed by atoms with van der Waals surface area (Å²) in [5.74, 6) is 0.284. The maximum Gasteiger partial charge on any atom is 0.308 e. The van der Waals surface area contributed by atoms with Crippen molar-refractivity contribution in [3.05, 3.63) is 47.2 Å². The van der Waals surface area contributed by atoms with Crippen LogP contribution >= 0.6 is 11.8 Å². The number of ether oxygens (including phenoxy) is 3. The van der Waals surface area contributed by atoms with Crippen molar-refractivity contribution in [2.24, 2.45) is 5.92 Å². The molecule has 5 rings (SSSR count). The average Bonchev–Trinajstić information content (AvgIpc) is 3.50. The number of hydrogen-bond donors (Lipinski definition) is 1. The van der Waals surface area contributed by atoms with Crippen LogP contribution in [0.4, 0.5) is 0 Å². The molecule has 0 radical (unpaired) electrons. The molecule has 10 heteroatoms. The van der Waals surface area contributed by atoms with Gasteiger partial charge in [0, 0.05) is 43.8 Å². The van der Waals surface area contributed by atoms with E-state index < -0.39 is 35.6 Å². The first-order valence-electron chi connectivity index (χ1n) is 12.3. The number of hydrogen-bond acceptors (Lipinski definition) is 9. The summed E-state index contributed by atoms with van der Waals surface area (Å²) in [6.45, 7) is 4.78. The third-order valence-corrected chi connectivity index (χ3v) is 8.52. The van der Waals surface area contributed by atoms with Gasteiger partial charge < -0.3 is 24.4 Å². The standard InChI is InChI=1S/C27H30N2O7S/c1-14-5-7-20(34-15(2)30)24-23(14)27-11-9-19(17(27)6-8-21(25(27)36-24)35-16(3)31)29(4)13-22(32)28-18-10-12-37-26(18)33/h5-9,17-18,21,25H,10-13H2,1-4H3,(H,28,32)/t17?,18?,21-,25-,27-/m0/s1. The van der Waals surface area contributed by atoms with Crippen LogP contribution in [0.5, 0.6) is 11.5 Å². The van der Waals surface area contributed by atoms with E-state index in [1.54, 1.807) is 6.07 Å². The van der Waals surface area contributed by atoms with Crippen LogP contribution in [0.1, 0.15) is 37.8 Å². The lowest BCUT2D eigenvalue weighted by molar-refractivity contribution is -0.150. The molecule has 2 heterocycles. The highest BCUT2D eigenvalue weighted by atomic mass is 32.2. The Labute approximate surface area is 219 Å². The van der Waals surface area contributed by atoms with Crippen LogP contribution in [0.3, 0.4) is 0 Å². The van der Waals surface area contributed by atoms with E-state index >= 15 is 0 Å². The van der Waals surface area contributed by atoms with Crippen molar-refractivity contribution in [1.82, 2.24) is 10.2 Å². The molecule has 1 saturated heterocycles. The Morgan fingerprint density at radius 2 is 2.00 bits per heavy atom. The number of allylic oxidation sites excluding steroid dienone is 2. The van der Waals surface area contributed by atoms with E-state index in [-0.39, 0.29) is 23.5 Å². The van der Waals surface area contributed by atoms with E-state index in [1.807, 2.05) is 37.1 Å². The predicted molar refractivity (Wildman–Crippen MR) is 136 cm³/mol. The molecule has 9 nitrogen and oxygen atoms in total. The summed E-state index contributed by atoms with van der Waals surface area (Å²) in [5.41, 5.74) is 2.23. The fourth-order valence-electron chi connectivity index (χ4n) is 6.12. The Morgan fingerprint density at radius 1 is 1.22 bits per heavy atom. The number of carbonyl (C=O) groups excluding carboxylic acids is 4. The van der Waals surface area contributed by atoms with Gasteiger partial charge in [0.1, 0.15) is 0 Å². The van der Waals surface area contributed by atoms with Gasteiger partial charge in [-0.25, -0.2) is 0 Å². The second-order valence-electron chi connectivity index (χ2n) is 9.96. The molecule has 2 aliphatic carbocycles. The number of esters is 2. The van der Waals surface area contributed by atoms with E-state index in [0.717, 1.165) is 22.6 Å². The summed E-state index contributed by atoms with van der Waals surface area (Å²) in [5, 5.41) is 2.85. The first-order chi connectivity index (χ1) is 17.6. The molecule has 0 aromatic heterocycles. The average molecular weight is 527 g/mol. The van der Waals surface area contributed by atoms with Crippen molar-refractivity contribution in [2.45, 2.75) is 57.3 Å². The minimum Gasteiger partial charge on any atom is -0.481 e. The van der Waals surface area contributed by atoms with Gasteiger partial charge in [0.2, 0.25) is 11.0 Å². The first kappa shape index (κ1) is 25.4. The second kappa shape index (κ2) is 9.55. The Kier molecular flexibility index (Phi) is 6.55. The van der Waals surface area contributed by atoms with Gasteiger partial charge in [0.25, 0.3) is 0 Å². The molecular formula is C27H30N2O7S. The monoisotopic (exact) mass is 526 g/mol. The minimum absolute atomic E-state index is 0.00313. The molecule has 1 aromatic rings. The van der Waals surface area contributed by atoms with Gasteiger partial charge in [-0.1, -0.05) is 30.0 Å². The molecular weight excluding hydrogens is 496 g/mol. The fraction of sp³-hybridized carbons (Fsp3) is 0.481. The summed E-state index contributed by atoms with van der Waals surface area (Å²) >= 11 is 1.25. The van der Waals surface area contributed by atoms with Gasteiger partial charge >= 0.3 is 11.9 Å². The SMILES string of the molecule is CC(=O)Oc1ccc(C)c2c1O[C@H]1[C@@H](OC(C)=O)C=CC3C(N(C)CC(=O)NC4CCSC4=O)=CC[C@@]231. The number of amides is 1. The molecule has 1 spiro atoms. The molecule has 1 fully saturated rings. The zero-order valence-corrected chi connectivity index (χ0v) is 22.1. The second-order valence-corrected chi connectivity index (χ2v) is 11.1. The van der Waals surface area contributed by atoms with Gasteiger partial charge in [0.05, 0.1) is 18.0 Å². The van der Waals surface area contributed by atoms with Gasteiger partial charge in [-0.15, -0.1) is 0 Å². The van der Waals surface area contributed by atoms with Crippen molar-refractivity contribution in [3.63, 3.8) is 0 Å². The highest BCUT2D eigenvalue weighted by Gasteiger charge is 2.62. The predicted octanol–water partition coefficient (Wildman–Crippen LogP) is 2.40. The third-order valence-electron chi connectivity index (χ3n) is 7.51. The fourth-order valence-corrected chi connectivity index (χ4v) is 7.05. The van der Waals surface area contributed by atoms with Crippen LogP contribution in [-0.2, 0) is 29.3 Å². The number of benzene rings is 1. The maximum absolute atomic E-state index is 12.8. The van der Waals surface area contributed by atoms with Crippen molar-refractivity contribution in [3.8, 4) is 11.5 Å². The van der Waals surface area contributed by atoms with Crippen molar-refractivity contribution in [1.29, 1.82) is 0 Å². The van der Waals surface area contributed by atoms with Crippen LogP contribution in [0, 0.1) is 12.8 Å². The van der Waals surface area contributed by atoms with E-state index in [2.05, 4.69) is 11.4 Å². The topological polar surface area (TPSA) is 111 Å². The van der Waals surface area contributed by atoms with Gasteiger partial charge in [-0.3, -0.25) is 19.2 Å². The molecule has 5 atom stereocenters. The van der Waals surface area contributed by atoms with Gasteiger partial charge in [-0.05, 0) is 37.5 Å². The Morgan fingerprint density at radius 3 is 2.68 bits per heavy atom. The van der Waals surface area contributed by atoms with Crippen molar-refractivity contribution >= 4 is 34.7 Å². The third kappa shape index (κ3) is 4.31. The highest BCUT2D eigenvalue weighted by molar-refractivity contribution is 8.14. The largest absolute Gasteiger partial charge is 0.481 e. The number of fused-ring (bicyclic) bond motifs is 1. The molecule has 2 aliphatic heterocycles. The maximum atomic E-state index is 12.8. The van der Waals surface area contributed by atoms with E-state index in [9.17, 15) is 19.2 Å². The number of carbonyl (C=O) groups is 4. The Hall–Kier alpha value is -3.27. The molecule has 1 aromatic carbocycles. The van der Waals surface area contributed by atoms with Crippen LogP contribution < -0.4 is 14.8 Å². The quantitative estimate of drug-likeness (QED) is 0.339. The first-order valence-corrected chi connectivity index (χ1v) is 13.3. The number of aryl methyl sites for hydroxylation is 1. The Bertz CT molecular complexity index is 1240. The van der Waals surface area contributed by atoms with E-state index in [1.165, 1.54) is 25.6 Å². The van der Waals surface area contributed by atoms with Gasteiger partial charge in [-0.2, -0.15) is 0 Å². The van der Waals surface area contributed by atoms with Crippen molar-refractivity contribution in [2.75, 3.05) is 19.3 Å². The summed E-state index contributed by atoms with van der Waals surface area (Å²) in [7, 11) is 1.86. The van der Waals surface area contributed by atoms with Gasteiger partial charge in [0.15, 0.2) is 23.7 Å². The van der Waals surface area contributed by atoms with Crippen molar-refractivity contribution < 1.29 is 33.4 Å². The van der Waals surface area contributed by atoms with E-state index in [0.29, 0.717) is 24.3 Å². The lowest BCUT2D eigenvalue weighted by atomic mass is 9.63.